The smallest absolute Gasteiger partial charge is 0.237 e. The standard InChI is InChI=1S/C12H13N5/c1-9-6-10(4-5-12(9)17(2)3)15-16-11(7-13)8-14/h4-6,15H,1-3H3. The van der Waals surface area contributed by atoms with Gasteiger partial charge in [0, 0.05) is 19.8 Å². The summed E-state index contributed by atoms with van der Waals surface area (Å²) in [6.45, 7) is 1.99. The minimum Gasteiger partial charge on any atom is -0.377 e. The molecule has 0 fully saturated rings. The molecule has 1 aromatic rings. The van der Waals surface area contributed by atoms with Gasteiger partial charge in [0.2, 0.25) is 5.71 Å². The zero-order chi connectivity index (χ0) is 12.8. The summed E-state index contributed by atoms with van der Waals surface area (Å²) in [4.78, 5) is 2.01. The van der Waals surface area contributed by atoms with Crippen molar-refractivity contribution >= 4 is 17.1 Å². The molecule has 0 bridgehead atoms. The van der Waals surface area contributed by atoms with Crippen LogP contribution in [-0.2, 0) is 0 Å². The van der Waals surface area contributed by atoms with Crippen LogP contribution in [0.15, 0.2) is 23.3 Å². The van der Waals surface area contributed by atoms with E-state index in [1.54, 1.807) is 12.1 Å². The molecule has 0 aliphatic carbocycles. The molecule has 0 unspecified atom stereocenters. The highest BCUT2D eigenvalue weighted by Gasteiger charge is 2.01. The number of hydrogen-bond acceptors (Lipinski definition) is 5. The largest absolute Gasteiger partial charge is 0.377 e. The molecule has 5 nitrogen and oxygen atoms in total. The van der Waals surface area contributed by atoms with Crippen LogP contribution in [0.1, 0.15) is 5.56 Å². The molecule has 17 heavy (non-hydrogen) atoms. The second-order valence-electron chi connectivity index (χ2n) is 3.69. The van der Waals surface area contributed by atoms with Crippen LogP contribution in [-0.4, -0.2) is 19.8 Å². The molecule has 0 aliphatic rings. The molecule has 0 amide bonds. The first-order valence-electron chi connectivity index (χ1n) is 5.00. The maximum Gasteiger partial charge on any atom is 0.237 e. The van der Waals surface area contributed by atoms with Gasteiger partial charge in [0.15, 0.2) is 0 Å². The summed E-state index contributed by atoms with van der Waals surface area (Å²) in [5.74, 6) is 0. The fourth-order valence-electron chi connectivity index (χ4n) is 1.42. The molecule has 0 aliphatic heterocycles. The van der Waals surface area contributed by atoms with E-state index in [1.165, 1.54) is 0 Å². The van der Waals surface area contributed by atoms with E-state index in [4.69, 9.17) is 10.5 Å². The van der Waals surface area contributed by atoms with Crippen LogP contribution in [0.2, 0.25) is 0 Å². The molecule has 86 valence electrons. The summed E-state index contributed by atoms with van der Waals surface area (Å²) < 4.78 is 0. The fraction of sp³-hybridized carbons (Fsp3) is 0.250. The van der Waals surface area contributed by atoms with Gasteiger partial charge in [-0.15, -0.1) is 0 Å². The number of anilines is 2. The average molecular weight is 227 g/mol. The number of rotatable bonds is 3. The Labute approximate surface area is 101 Å². The lowest BCUT2D eigenvalue weighted by Crippen LogP contribution is -2.10. The first-order valence-corrected chi connectivity index (χ1v) is 5.00. The van der Waals surface area contributed by atoms with Crippen LogP contribution in [0.5, 0.6) is 0 Å². The van der Waals surface area contributed by atoms with Crippen molar-refractivity contribution in [3.05, 3.63) is 23.8 Å². The highest BCUT2D eigenvalue weighted by molar-refractivity contribution is 6.10. The Morgan fingerprint density at radius 2 is 1.94 bits per heavy atom. The summed E-state index contributed by atoms with van der Waals surface area (Å²) in [5.41, 5.74) is 5.43. The topological polar surface area (TPSA) is 75.2 Å². The van der Waals surface area contributed by atoms with Crippen molar-refractivity contribution in [1.29, 1.82) is 10.5 Å². The number of hydrogen-bond donors (Lipinski definition) is 1. The molecule has 0 aromatic heterocycles. The first-order chi connectivity index (χ1) is 8.08. The zero-order valence-corrected chi connectivity index (χ0v) is 10.0. The lowest BCUT2D eigenvalue weighted by molar-refractivity contribution is 1.11. The monoisotopic (exact) mass is 227 g/mol. The number of nitriles is 2. The van der Waals surface area contributed by atoms with Crippen LogP contribution >= 0.6 is 0 Å². The third-order valence-corrected chi connectivity index (χ3v) is 2.19. The second-order valence-corrected chi connectivity index (χ2v) is 3.69. The second kappa shape index (κ2) is 5.53. The third-order valence-electron chi connectivity index (χ3n) is 2.19. The van der Waals surface area contributed by atoms with Crippen molar-refractivity contribution in [3.63, 3.8) is 0 Å². The Balaban J connectivity index is 2.90. The number of benzene rings is 1. The van der Waals surface area contributed by atoms with Gasteiger partial charge in [-0.2, -0.15) is 15.6 Å². The van der Waals surface area contributed by atoms with Gasteiger partial charge in [-0.3, -0.25) is 5.43 Å². The Bertz CT molecular complexity index is 501. The number of nitrogens with one attached hydrogen (secondary N) is 1. The molecular formula is C12H13N5. The molecule has 0 heterocycles. The molecule has 0 spiro atoms. The van der Waals surface area contributed by atoms with Gasteiger partial charge in [-0.1, -0.05) is 0 Å². The lowest BCUT2D eigenvalue weighted by atomic mass is 10.1. The van der Waals surface area contributed by atoms with E-state index in [0.29, 0.717) is 0 Å². The molecule has 0 radical (unpaired) electrons. The van der Waals surface area contributed by atoms with Crippen LogP contribution in [0, 0.1) is 29.6 Å². The zero-order valence-electron chi connectivity index (χ0n) is 10.0. The van der Waals surface area contributed by atoms with Gasteiger partial charge in [0.1, 0.15) is 12.1 Å². The minimum absolute atomic E-state index is 0.195. The first kappa shape index (κ1) is 12.5. The fourth-order valence-corrected chi connectivity index (χ4v) is 1.42. The van der Waals surface area contributed by atoms with Crippen LogP contribution in [0.3, 0.4) is 0 Å². The molecule has 0 saturated heterocycles. The summed E-state index contributed by atoms with van der Waals surface area (Å²) in [6, 6.07) is 9.07. The predicted octanol–water partition coefficient (Wildman–Crippen LogP) is 1.88. The molecular weight excluding hydrogens is 214 g/mol. The van der Waals surface area contributed by atoms with Crippen molar-refractivity contribution in [2.45, 2.75) is 6.92 Å². The summed E-state index contributed by atoms with van der Waals surface area (Å²) in [7, 11) is 3.94. The molecule has 0 atom stereocenters. The van der Waals surface area contributed by atoms with E-state index < -0.39 is 0 Å². The minimum atomic E-state index is -0.195. The van der Waals surface area contributed by atoms with E-state index >= 15 is 0 Å². The maximum atomic E-state index is 8.53. The van der Waals surface area contributed by atoms with Gasteiger partial charge < -0.3 is 4.90 Å². The van der Waals surface area contributed by atoms with Crippen molar-refractivity contribution in [1.82, 2.24) is 0 Å². The van der Waals surface area contributed by atoms with E-state index in [9.17, 15) is 0 Å². The van der Waals surface area contributed by atoms with Gasteiger partial charge in [-0.05, 0) is 30.7 Å². The van der Waals surface area contributed by atoms with Gasteiger partial charge in [0.05, 0.1) is 5.69 Å². The van der Waals surface area contributed by atoms with Gasteiger partial charge in [0.25, 0.3) is 0 Å². The molecule has 1 N–H and O–H groups in total. The van der Waals surface area contributed by atoms with Crippen LogP contribution < -0.4 is 10.3 Å². The Morgan fingerprint density at radius 1 is 1.29 bits per heavy atom. The highest BCUT2D eigenvalue weighted by atomic mass is 15.3. The molecule has 5 heteroatoms. The van der Waals surface area contributed by atoms with Crippen molar-refractivity contribution in [2.24, 2.45) is 5.10 Å². The van der Waals surface area contributed by atoms with Crippen molar-refractivity contribution < 1.29 is 0 Å². The Kier molecular flexibility index (Phi) is 4.08. The number of nitrogens with zero attached hydrogens (tertiary/aromatic N) is 4. The summed E-state index contributed by atoms with van der Waals surface area (Å²) in [5, 5.41) is 20.7. The van der Waals surface area contributed by atoms with E-state index in [0.717, 1.165) is 16.9 Å². The number of hydrazone groups is 1. The van der Waals surface area contributed by atoms with E-state index in [1.807, 2.05) is 44.1 Å². The Morgan fingerprint density at radius 3 is 2.41 bits per heavy atom. The normalized spacial score (nSPS) is 8.76. The van der Waals surface area contributed by atoms with E-state index in [2.05, 4.69) is 10.5 Å². The predicted molar refractivity (Wildman–Crippen MR) is 67.8 cm³/mol. The van der Waals surface area contributed by atoms with Crippen LogP contribution in [0.4, 0.5) is 11.4 Å². The third kappa shape index (κ3) is 3.22. The Hall–Kier alpha value is -2.53. The quantitative estimate of drug-likeness (QED) is 0.632. The number of aryl methyl sites for hydroxylation is 1. The lowest BCUT2D eigenvalue weighted by Gasteiger charge is -2.16. The summed E-state index contributed by atoms with van der Waals surface area (Å²) >= 11 is 0. The molecule has 0 saturated carbocycles. The molecule has 1 aromatic carbocycles. The SMILES string of the molecule is Cc1cc(NN=C(C#N)C#N)ccc1N(C)C. The van der Waals surface area contributed by atoms with E-state index in [-0.39, 0.29) is 5.71 Å². The highest BCUT2D eigenvalue weighted by Crippen LogP contribution is 2.21. The molecule has 1 rings (SSSR count). The van der Waals surface area contributed by atoms with Gasteiger partial charge >= 0.3 is 0 Å². The van der Waals surface area contributed by atoms with Crippen molar-refractivity contribution in [2.75, 3.05) is 24.4 Å². The average Bonchev–Trinajstić information content (AvgIpc) is 2.30. The van der Waals surface area contributed by atoms with Gasteiger partial charge in [-0.25, -0.2) is 0 Å². The van der Waals surface area contributed by atoms with Crippen LogP contribution in [0.25, 0.3) is 0 Å². The summed E-state index contributed by atoms with van der Waals surface area (Å²) in [6.07, 6.45) is 0. The van der Waals surface area contributed by atoms with Crippen molar-refractivity contribution in [3.8, 4) is 12.1 Å². The maximum absolute atomic E-state index is 8.53.